The molecule has 1 aromatic heterocycles. The molecule has 1 aromatic carbocycles. The number of rotatable bonds is 1. The molecule has 0 radical (unpaired) electrons. The lowest BCUT2D eigenvalue weighted by molar-refractivity contribution is 0.383. The molecule has 0 saturated heterocycles. The molecule has 0 atom stereocenters. The van der Waals surface area contributed by atoms with Gasteiger partial charge in [0.05, 0.1) is 5.52 Å². The number of fused-ring (bicyclic) bond motifs is 1. The standard InChI is InChI=1S/C13H16N4/c14-10-7-5-9(6-8-10)13-15-11-3-1-2-4-12(11)16-17-13/h1-4,9-10H,5-8,14H2. The Hall–Kier alpha value is -1.55. The van der Waals surface area contributed by atoms with Crippen LogP contribution in [-0.4, -0.2) is 21.2 Å². The minimum Gasteiger partial charge on any atom is -0.328 e. The zero-order valence-corrected chi connectivity index (χ0v) is 9.71. The van der Waals surface area contributed by atoms with Crippen LogP contribution in [0.5, 0.6) is 0 Å². The third-order valence-corrected chi connectivity index (χ3v) is 3.51. The van der Waals surface area contributed by atoms with Crippen molar-refractivity contribution in [2.45, 2.75) is 37.6 Å². The van der Waals surface area contributed by atoms with E-state index in [0.29, 0.717) is 12.0 Å². The zero-order valence-electron chi connectivity index (χ0n) is 9.71. The van der Waals surface area contributed by atoms with Gasteiger partial charge >= 0.3 is 0 Å². The van der Waals surface area contributed by atoms with Gasteiger partial charge in [-0.2, -0.15) is 0 Å². The summed E-state index contributed by atoms with van der Waals surface area (Å²) in [5.74, 6) is 1.32. The molecule has 0 aliphatic heterocycles. The molecule has 88 valence electrons. The lowest BCUT2D eigenvalue weighted by Gasteiger charge is -2.24. The maximum Gasteiger partial charge on any atom is 0.154 e. The summed E-state index contributed by atoms with van der Waals surface area (Å²) in [5, 5.41) is 8.49. The summed E-state index contributed by atoms with van der Waals surface area (Å²) in [6.45, 7) is 0. The Morgan fingerprint density at radius 2 is 1.65 bits per heavy atom. The molecule has 2 N–H and O–H groups in total. The Bertz CT molecular complexity index is 518. The second kappa shape index (κ2) is 4.37. The van der Waals surface area contributed by atoms with Gasteiger partial charge in [0, 0.05) is 12.0 Å². The molecule has 1 aliphatic carbocycles. The van der Waals surface area contributed by atoms with Gasteiger partial charge in [-0.15, -0.1) is 10.2 Å². The zero-order chi connectivity index (χ0) is 11.7. The number of nitrogens with zero attached hydrogens (tertiary/aromatic N) is 3. The van der Waals surface area contributed by atoms with Crippen LogP contribution in [0.1, 0.15) is 37.4 Å². The van der Waals surface area contributed by atoms with Crippen LogP contribution in [0.25, 0.3) is 11.0 Å². The Kier molecular flexibility index (Phi) is 2.73. The molecule has 1 heterocycles. The van der Waals surface area contributed by atoms with Gasteiger partial charge in [-0.25, -0.2) is 4.98 Å². The first-order valence-electron chi connectivity index (χ1n) is 6.18. The maximum absolute atomic E-state index is 5.91. The molecule has 4 nitrogen and oxygen atoms in total. The van der Waals surface area contributed by atoms with Gasteiger partial charge in [-0.3, -0.25) is 0 Å². The quantitative estimate of drug-likeness (QED) is 0.811. The summed E-state index contributed by atoms with van der Waals surface area (Å²) in [6.07, 6.45) is 4.31. The monoisotopic (exact) mass is 228 g/mol. The molecule has 1 aliphatic rings. The average Bonchev–Trinajstić information content (AvgIpc) is 2.39. The first-order valence-corrected chi connectivity index (χ1v) is 6.18. The van der Waals surface area contributed by atoms with E-state index >= 15 is 0 Å². The molecule has 1 saturated carbocycles. The van der Waals surface area contributed by atoms with Crippen LogP contribution in [0.2, 0.25) is 0 Å². The van der Waals surface area contributed by atoms with Crippen molar-refractivity contribution in [3.8, 4) is 0 Å². The third-order valence-electron chi connectivity index (χ3n) is 3.51. The van der Waals surface area contributed by atoms with E-state index in [1.54, 1.807) is 0 Å². The van der Waals surface area contributed by atoms with E-state index in [-0.39, 0.29) is 0 Å². The van der Waals surface area contributed by atoms with E-state index in [4.69, 9.17) is 5.73 Å². The molecule has 0 unspecified atom stereocenters. The number of hydrogen-bond acceptors (Lipinski definition) is 4. The minimum absolute atomic E-state index is 0.361. The van der Waals surface area contributed by atoms with Gasteiger partial charge in [0.2, 0.25) is 0 Å². The van der Waals surface area contributed by atoms with Crippen molar-refractivity contribution in [3.63, 3.8) is 0 Å². The number of para-hydroxylation sites is 1. The Morgan fingerprint density at radius 1 is 0.941 bits per heavy atom. The van der Waals surface area contributed by atoms with Crippen molar-refractivity contribution >= 4 is 11.0 Å². The largest absolute Gasteiger partial charge is 0.328 e. The van der Waals surface area contributed by atoms with Gasteiger partial charge in [-0.1, -0.05) is 12.1 Å². The first kappa shape index (κ1) is 10.6. The van der Waals surface area contributed by atoms with Crippen molar-refractivity contribution < 1.29 is 0 Å². The highest BCUT2D eigenvalue weighted by atomic mass is 15.2. The second-order valence-electron chi connectivity index (χ2n) is 4.77. The van der Waals surface area contributed by atoms with Crippen molar-refractivity contribution in [2.24, 2.45) is 5.73 Å². The van der Waals surface area contributed by atoms with E-state index in [1.165, 1.54) is 0 Å². The average molecular weight is 228 g/mol. The van der Waals surface area contributed by atoms with Crippen LogP contribution in [-0.2, 0) is 0 Å². The van der Waals surface area contributed by atoms with Crippen molar-refractivity contribution in [1.29, 1.82) is 0 Å². The molecule has 0 amide bonds. The van der Waals surface area contributed by atoms with Gasteiger partial charge in [0.15, 0.2) is 5.82 Å². The normalized spacial score (nSPS) is 25.0. The molecule has 17 heavy (non-hydrogen) atoms. The highest BCUT2D eigenvalue weighted by molar-refractivity contribution is 5.72. The van der Waals surface area contributed by atoms with Crippen molar-refractivity contribution in [3.05, 3.63) is 30.1 Å². The Morgan fingerprint density at radius 3 is 2.41 bits per heavy atom. The topological polar surface area (TPSA) is 64.7 Å². The third kappa shape index (κ3) is 2.13. The minimum atomic E-state index is 0.361. The molecule has 2 aromatic rings. The summed E-state index contributed by atoms with van der Waals surface area (Å²) in [4.78, 5) is 4.61. The summed E-state index contributed by atoms with van der Waals surface area (Å²) in [7, 11) is 0. The SMILES string of the molecule is NC1CCC(c2nnc3ccccc3n2)CC1. The van der Waals surface area contributed by atoms with Crippen molar-refractivity contribution in [2.75, 3.05) is 0 Å². The molecule has 3 rings (SSSR count). The lowest BCUT2D eigenvalue weighted by Crippen LogP contribution is -2.26. The summed E-state index contributed by atoms with van der Waals surface area (Å²) >= 11 is 0. The number of nitrogens with two attached hydrogens (primary N) is 1. The van der Waals surface area contributed by atoms with Gasteiger partial charge in [0.25, 0.3) is 0 Å². The highest BCUT2D eigenvalue weighted by Crippen LogP contribution is 2.30. The second-order valence-corrected chi connectivity index (χ2v) is 4.77. The predicted molar refractivity (Wildman–Crippen MR) is 66.5 cm³/mol. The van der Waals surface area contributed by atoms with E-state index in [1.807, 2.05) is 24.3 Å². The fourth-order valence-corrected chi connectivity index (χ4v) is 2.44. The maximum atomic E-state index is 5.91. The predicted octanol–water partition coefficient (Wildman–Crippen LogP) is 2.01. The van der Waals surface area contributed by atoms with Crippen LogP contribution < -0.4 is 5.73 Å². The van der Waals surface area contributed by atoms with E-state index in [0.717, 1.165) is 42.5 Å². The van der Waals surface area contributed by atoms with Gasteiger partial charge in [-0.05, 0) is 37.8 Å². The number of benzene rings is 1. The molecule has 0 bridgehead atoms. The highest BCUT2D eigenvalue weighted by Gasteiger charge is 2.22. The number of aromatic nitrogens is 3. The Labute approximate surface area is 100 Å². The fourth-order valence-electron chi connectivity index (χ4n) is 2.44. The first-order chi connectivity index (χ1) is 8.33. The van der Waals surface area contributed by atoms with Crippen LogP contribution in [0, 0.1) is 0 Å². The molecule has 4 heteroatoms. The van der Waals surface area contributed by atoms with E-state index in [2.05, 4.69) is 15.2 Å². The van der Waals surface area contributed by atoms with E-state index in [9.17, 15) is 0 Å². The van der Waals surface area contributed by atoms with Crippen LogP contribution in [0.4, 0.5) is 0 Å². The molecular weight excluding hydrogens is 212 g/mol. The van der Waals surface area contributed by atoms with Crippen LogP contribution in [0.15, 0.2) is 24.3 Å². The molecule has 1 fully saturated rings. The molecule has 0 spiro atoms. The van der Waals surface area contributed by atoms with Gasteiger partial charge in [0.1, 0.15) is 5.52 Å². The van der Waals surface area contributed by atoms with E-state index < -0.39 is 0 Å². The summed E-state index contributed by atoms with van der Waals surface area (Å²) < 4.78 is 0. The molecular formula is C13H16N4. The number of hydrogen-bond donors (Lipinski definition) is 1. The van der Waals surface area contributed by atoms with Crippen molar-refractivity contribution in [1.82, 2.24) is 15.2 Å². The van der Waals surface area contributed by atoms with Gasteiger partial charge < -0.3 is 5.73 Å². The van der Waals surface area contributed by atoms with Crippen LogP contribution in [0.3, 0.4) is 0 Å². The summed E-state index contributed by atoms with van der Waals surface area (Å²) in [5.41, 5.74) is 7.71. The summed E-state index contributed by atoms with van der Waals surface area (Å²) in [6, 6.07) is 8.23. The smallest absolute Gasteiger partial charge is 0.154 e. The fraction of sp³-hybridized carbons (Fsp3) is 0.462. The Balaban J connectivity index is 1.90. The van der Waals surface area contributed by atoms with Crippen LogP contribution >= 0.6 is 0 Å². The lowest BCUT2D eigenvalue weighted by atomic mass is 9.86.